The Kier molecular flexibility index (Phi) is 5.97. The van der Waals surface area contributed by atoms with E-state index in [1.807, 2.05) is 0 Å². The second-order valence-corrected chi connectivity index (χ2v) is 6.79. The molecule has 1 saturated heterocycles. The second kappa shape index (κ2) is 8.44. The van der Waals surface area contributed by atoms with Crippen molar-refractivity contribution in [3.63, 3.8) is 0 Å². The quantitative estimate of drug-likeness (QED) is 0.559. The number of hydrogen-bond acceptors (Lipinski definition) is 5. The van der Waals surface area contributed by atoms with Gasteiger partial charge in [0.05, 0.1) is 23.2 Å². The normalized spacial score (nSPS) is 13.9. The first-order chi connectivity index (χ1) is 13.8. The summed E-state index contributed by atoms with van der Waals surface area (Å²) in [5.74, 6) is -1.39. The number of non-ortho nitro benzene ring substituents is 1. The van der Waals surface area contributed by atoms with Gasteiger partial charge in [0.25, 0.3) is 17.5 Å². The van der Waals surface area contributed by atoms with Crippen molar-refractivity contribution in [2.24, 2.45) is 0 Å². The number of nitrogens with zero attached hydrogens (tertiary/aromatic N) is 3. The molecule has 0 spiro atoms. The van der Waals surface area contributed by atoms with Crippen molar-refractivity contribution in [3.8, 4) is 5.75 Å². The average Bonchev–Trinajstić information content (AvgIpc) is 2.74. The van der Waals surface area contributed by atoms with Crippen molar-refractivity contribution in [2.45, 2.75) is 0 Å². The summed E-state index contributed by atoms with van der Waals surface area (Å²) in [4.78, 5) is 38.7. The number of nitro groups is 1. The number of hydrogen-bond donors (Lipinski definition) is 0. The van der Waals surface area contributed by atoms with Gasteiger partial charge < -0.3 is 14.5 Å². The molecule has 3 rings (SSSR count). The van der Waals surface area contributed by atoms with Crippen molar-refractivity contribution in [3.05, 3.63) is 68.5 Å². The third-order valence-electron chi connectivity index (χ3n) is 4.64. The van der Waals surface area contributed by atoms with Crippen molar-refractivity contribution in [1.29, 1.82) is 0 Å². The summed E-state index contributed by atoms with van der Waals surface area (Å²) in [7, 11) is 1.37. The van der Waals surface area contributed by atoms with Gasteiger partial charge >= 0.3 is 0 Å². The van der Waals surface area contributed by atoms with Crippen LogP contribution >= 0.6 is 11.6 Å². The molecule has 1 fully saturated rings. The maximum atomic E-state index is 13.9. The number of piperazine rings is 1. The molecule has 2 aromatic rings. The molecule has 0 atom stereocenters. The maximum absolute atomic E-state index is 13.9. The first-order valence-corrected chi connectivity index (χ1v) is 9.05. The third-order valence-corrected chi connectivity index (χ3v) is 4.87. The molecule has 10 heteroatoms. The van der Waals surface area contributed by atoms with E-state index in [-0.39, 0.29) is 53.8 Å². The summed E-state index contributed by atoms with van der Waals surface area (Å²) in [6.45, 7) is 0.763. The van der Waals surface area contributed by atoms with E-state index < -0.39 is 22.6 Å². The number of methoxy groups -OCH3 is 1. The van der Waals surface area contributed by atoms with E-state index in [0.29, 0.717) is 0 Å². The highest BCUT2D eigenvalue weighted by molar-refractivity contribution is 6.31. The van der Waals surface area contributed by atoms with E-state index in [1.54, 1.807) is 0 Å². The van der Waals surface area contributed by atoms with Crippen molar-refractivity contribution in [1.82, 2.24) is 9.80 Å². The number of carbonyl (C=O) groups excluding carboxylic acids is 2. The number of halogens is 2. The Bertz CT molecular complexity index is 976. The number of amides is 2. The van der Waals surface area contributed by atoms with Gasteiger partial charge in [0.1, 0.15) is 11.6 Å². The van der Waals surface area contributed by atoms with Gasteiger partial charge in [-0.15, -0.1) is 0 Å². The van der Waals surface area contributed by atoms with Crippen LogP contribution in [0, 0.1) is 15.9 Å². The van der Waals surface area contributed by atoms with Crippen LogP contribution in [0.3, 0.4) is 0 Å². The zero-order valence-electron chi connectivity index (χ0n) is 15.4. The van der Waals surface area contributed by atoms with Crippen LogP contribution in [-0.2, 0) is 0 Å². The Morgan fingerprint density at radius 2 is 1.62 bits per heavy atom. The number of ether oxygens (including phenoxy) is 1. The fraction of sp³-hybridized carbons (Fsp3) is 0.263. The fourth-order valence-electron chi connectivity index (χ4n) is 3.09. The summed E-state index contributed by atoms with van der Waals surface area (Å²) in [6, 6.07) is 7.55. The molecule has 2 amide bonds. The standard InChI is InChI=1S/C19H17ClFN3O5/c1-29-17-5-3-13(24(27)28)11-15(17)19(26)23-8-6-22(7-9-23)18(25)14-10-12(20)2-4-16(14)21/h2-5,10-11H,6-9H2,1H3. The Labute approximate surface area is 170 Å². The molecule has 0 aromatic heterocycles. The maximum Gasteiger partial charge on any atom is 0.270 e. The highest BCUT2D eigenvalue weighted by Gasteiger charge is 2.29. The molecule has 0 bridgehead atoms. The first-order valence-electron chi connectivity index (χ1n) is 8.68. The molecule has 2 aromatic carbocycles. The van der Waals surface area contributed by atoms with Crippen LogP contribution in [0.1, 0.15) is 20.7 Å². The third kappa shape index (κ3) is 4.29. The van der Waals surface area contributed by atoms with Gasteiger partial charge in [-0.3, -0.25) is 19.7 Å². The molecule has 1 aliphatic rings. The van der Waals surface area contributed by atoms with Gasteiger partial charge in [0.2, 0.25) is 0 Å². The lowest BCUT2D eigenvalue weighted by molar-refractivity contribution is -0.384. The predicted octanol–water partition coefficient (Wildman–Crippen LogP) is 2.99. The van der Waals surface area contributed by atoms with Crippen LogP contribution in [0.4, 0.5) is 10.1 Å². The van der Waals surface area contributed by atoms with Crippen molar-refractivity contribution >= 4 is 29.1 Å². The van der Waals surface area contributed by atoms with E-state index in [0.717, 1.165) is 6.07 Å². The van der Waals surface area contributed by atoms with Crippen LogP contribution in [0.25, 0.3) is 0 Å². The minimum absolute atomic E-state index is 0.0716. The lowest BCUT2D eigenvalue weighted by Crippen LogP contribution is -2.50. The molecule has 0 radical (unpaired) electrons. The summed E-state index contributed by atoms with van der Waals surface area (Å²) in [5, 5.41) is 11.3. The van der Waals surface area contributed by atoms with Crippen LogP contribution in [0.15, 0.2) is 36.4 Å². The lowest BCUT2D eigenvalue weighted by atomic mass is 10.1. The van der Waals surface area contributed by atoms with Crippen molar-refractivity contribution in [2.75, 3.05) is 33.3 Å². The molecule has 8 nitrogen and oxygen atoms in total. The summed E-state index contributed by atoms with van der Waals surface area (Å²) < 4.78 is 19.1. The molecule has 152 valence electrons. The van der Waals surface area contributed by atoms with Gasteiger partial charge in [0.15, 0.2) is 0 Å². The van der Waals surface area contributed by atoms with E-state index in [9.17, 15) is 24.1 Å². The average molecular weight is 422 g/mol. The molecular weight excluding hydrogens is 405 g/mol. The van der Waals surface area contributed by atoms with Gasteiger partial charge in [-0.1, -0.05) is 11.6 Å². The number of nitro benzene ring substituents is 1. The molecule has 29 heavy (non-hydrogen) atoms. The van der Waals surface area contributed by atoms with Crippen molar-refractivity contribution < 1.29 is 23.6 Å². The Morgan fingerprint density at radius 1 is 1.03 bits per heavy atom. The number of benzene rings is 2. The topological polar surface area (TPSA) is 93.0 Å². The number of rotatable bonds is 4. The minimum Gasteiger partial charge on any atom is -0.496 e. The Balaban J connectivity index is 1.73. The second-order valence-electron chi connectivity index (χ2n) is 6.35. The van der Waals surface area contributed by atoms with Crippen LogP contribution in [0.2, 0.25) is 5.02 Å². The number of carbonyl (C=O) groups is 2. The molecular formula is C19H17ClFN3O5. The lowest BCUT2D eigenvalue weighted by Gasteiger charge is -2.35. The van der Waals surface area contributed by atoms with Gasteiger partial charge in [-0.25, -0.2) is 4.39 Å². The molecule has 0 N–H and O–H groups in total. The molecule has 0 saturated carbocycles. The van der Waals surface area contributed by atoms with Crippen LogP contribution < -0.4 is 4.74 Å². The van der Waals surface area contributed by atoms with Gasteiger partial charge in [0, 0.05) is 43.3 Å². The first kappa shape index (κ1) is 20.5. The SMILES string of the molecule is COc1ccc([N+](=O)[O-])cc1C(=O)N1CCN(C(=O)c2cc(Cl)ccc2F)CC1. The van der Waals surface area contributed by atoms with E-state index in [1.165, 1.54) is 47.2 Å². The largest absolute Gasteiger partial charge is 0.496 e. The Morgan fingerprint density at radius 3 is 2.17 bits per heavy atom. The summed E-state index contributed by atoms with van der Waals surface area (Å²) >= 11 is 5.85. The molecule has 0 aliphatic carbocycles. The predicted molar refractivity (Wildman–Crippen MR) is 103 cm³/mol. The zero-order chi connectivity index (χ0) is 21.1. The zero-order valence-corrected chi connectivity index (χ0v) is 16.2. The summed E-state index contributed by atoms with van der Waals surface area (Å²) in [5.41, 5.74) is -0.278. The molecule has 0 unspecified atom stereocenters. The smallest absolute Gasteiger partial charge is 0.270 e. The van der Waals surface area contributed by atoms with Gasteiger partial charge in [-0.2, -0.15) is 0 Å². The molecule has 1 aliphatic heterocycles. The minimum atomic E-state index is -0.667. The van der Waals surface area contributed by atoms with Gasteiger partial charge in [-0.05, 0) is 24.3 Å². The molecule has 1 heterocycles. The summed E-state index contributed by atoms with van der Waals surface area (Å²) in [6.07, 6.45) is 0. The van der Waals surface area contributed by atoms with Crippen LogP contribution in [0.5, 0.6) is 5.75 Å². The van der Waals surface area contributed by atoms with E-state index >= 15 is 0 Å². The van der Waals surface area contributed by atoms with E-state index in [2.05, 4.69) is 0 Å². The van der Waals surface area contributed by atoms with Crippen LogP contribution in [-0.4, -0.2) is 59.8 Å². The monoisotopic (exact) mass is 421 g/mol. The highest BCUT2D eigenvalue weighted by Crippen LogP contribution is 2.26. The highest BCUT2D eigenvalue weighted by atomic mass is 35.5. The fourth-order valence-corrected chi connectivity index (χ4v) is 3.26. The van der Waals surface area contributed by atoms with E-state index in [4.69, 9.17) is 16.3 Å². The Hall–Kier alpha value is -3.20.